The van der Waals surface area contributed by atoms with Crippen LogP contribution in [0.3, 0.4) is 0 Å². The van der Waals surface area contributed by atoms with Crippen LogP contribution in [0.25, 0.3) is 0 Å². The van der Waals surface area contributed by atoms with Crippen LogP contribution < -0.4 is 10.0 Å². The molecule has 1 saturated heterocycles. The molecule has 4 nitrogen and oxygen atoms in total. The van der Waals surface area contributed by atoms with Crippen molar-refractivity contribution in [2.24, 2.45) is 0 Å². The van der Waals surface area contributed by atoms with E-state index >= 15 is 0 Å². The Bertz CT molecular complexity index is 537. The molecule has 0 aromatic heterocycles. The van der Waals surface area contributed by atoms with Crippen molar-refractivity contribution in [3.8, 4) is 0 Å². The van der Waals surface area contributed by atoms with Crippen LogP contribution in [0, 0.1) is 6.92 Å². The molecule has 0 radical (unpaired) electrons. The first-order chi connectivity index (χ1) is 9.48. The van der Waals surface area contributed by atoms with E-state index in [-0.39, 0.29) is 17.8 Å². The number of rotatable bonds is 5. The Morgan fingerprint density at radius 3 is 2.75 bits per heavy atom. The van der Waals surface area contributed by atoms with Crippen molar-refractivity contribution in [1.29, 1.82) is 0 Å². The molecule has 1 heterocycles. The van der Waals surface area contributed by atoms with E-state index in [1.54, 1.807) is 0 Å². The number of hydrogen-bond acceptors (Lipinski definition) is 3. The molecule has 1 aromatic carbocycles. The number of benzene rings is 1. The van der Waals surface area contributed by atoms with Crippen LogP contribution in [0.2, 0.25) is 0 Å². The van der Waals surface area contributed by atoms with Gasteiger partial charge in [0.1, 0.15) is 0 Å². The molecule has 20 heavy (non-hydrogen) atoms. The van der Waals surface area contributed by atoms with Gasteiger partial charge in [-0.1, -0.05) is 30.7 Å². The minimum Gasteiger partial charge on any atom is -0.313 e. The van der Waals surface area contributed by atoms with Crippen LogP contribution in [0.4, 0.5) is 0 Å². The average molecular weight is 296 g/mol. The van der Waals surface area contributed by atoms with Crippen molar-refractivity contribution >= 4 is 10.0 Å². The third-order valence-electron chi connectivity index (χ3n) is 3.84. The fourth-order valence-corrected chi connectivity index (χ4v) is 4.36. The van der Waals surface area contributed by atoms with Crippen LogP contribution in [0.5, 0.6) is 0 Å². The summed E-state index contributed by atoms with van der Waals surface area (Å²) in [6.45, 7) is 4.82. The minimum atomic E-state index is -3.26. The van der Waals surface area contributed by atoms with E-state index in [0.717, 1.165) is 36.9 Å². The van der Waals surface area contributed by atoms with Gasteiger partial charge in [-0.3, -0.25) is 0 Å². The topological polar surface area (TPSA) is 58.2 Å². The van der Waals surface area contributed by atoms with E-state index < -0.39 is 10.0 Å². The van der Waals surface area contributed by atoms with Gasteiger partial charge >= 0.3 is 0 Å². The van der Waals surface area contributed by atoms with Crippen LogP contribution >= 0.6 is 0 Å². The maximum absolute atomic E-state index is 12.2. The monoisotopic (exact) mass is 296 g/mol. The van der Waals surface area contributed by atoms with Gasteiger partial charge in [0.25, 0.3) is 0 Å². The third kappa shape index (κ3) is 4.30. The van der Waals surface area contributed by atoms with Crippen LogP contribution in [-0.2, 0) is 10.0 Å². The molecular weight excluding hydrogens is 272 g/mol. The zero-order valence-electron chi connectivity index (χ0n) is 12.2. The summed E-state index contributed by atoms with van der Waals surface area (Å²) < 4.78 is 27.3. The Labute approximate surface area is 122 Å². The van der Waals surface area contributed by atoms with Gasteiger partial charge in [-0.25, -0.2) is 13.1 Å². The van der Waals surface area contributed by atoms with Crippen LogP contribution in [-0.4, -0.2) is 26.8 Å². The van der Waals surface area contributed by atoms with Crippen molar-refractivity contribution in [2.45, 2.75) is 45.2 Å². The molecule has 5 heteroatoms. The second-order valence-corrected chi connectivity index (χ2v) is 7.42. The van der Waals surface area contributed by atoms with Gasteiger partial charge in [0.15, 0.2) is 0 Å². The molecule has 0 aliphatic carbocycles. The molecule has 1 fully saturated rings. The summed E-state index contributed by atoms with van der Waals surface area (Å²) in [5, 5.41) is 3.28. The lowest BCUT2D eigenvalue weighted by Gasteiger charge is -2.24. The summed E-state index contributed by atoms with van der Waals surface area (Å²) in [7, 11) is -3.26. The van der Waals surface area contributed by atoms with Gasteiger partial charge in [-0.2, -0.15) is 0 Å². The minimum absolute atomic E-state index is 0.0883. The van der Waals surface area contributed by atoms with E-state index in [4.69, 9.17) is 0 Å². The summed E-state index contributed by atoms with van der Waals surface area (Å²) >= 11 is 0. The summed E-state index contributed by atoms with van der Waals surface area (Å²) in [4.78, 5) is 0. The van der Waals surface area contributed by atoms with Gasteiger partial charge < -0.3 is 5.32 Å². The lowest BCUT2D eigenvalue weighted by molar-refractivity contribution is 0.421. The Kier molecular flexibility index (Phi) is 5.18. The maximum Gasteiger partial charge on any atom is 0.213 e. The highest BCUT2D eigenvalue weighted by atomic mass is 32.2. The Hall–Kier alpha value is -0.910. The fraction of sp³-hybridized carbons (Fsp3) is 0.600. The molecule has 1 aliphatic heterocycles. The van der Waals surface area contributed by atoms with E-state index in [2.05, 4.69) is 10.0 Å². The zero-order chi connectivity index (χ0) is 14.6. The Morgan fingerprint density at radius 2 is 2.10 bits per heavy atom. The quantitative estimate of drug-likeness (QED) is 0.875. The van der Waals surface area contributed by atoms with Gasteiger partial charge in [0.05, 0.1) is 5.75 Å². The lowest BCUT2D eigenvalue weighted by atomic mass is 10.0. The summed E-state index contributed by atoms with van der Waals surface area (Å²) in [6.07, 6.45) is 3.20. The summed E-state index contributed by atoms with van der Waals surface area (Å²) in [6, 6.07) is 7.78. The molecule has 2 N–H and O–H groups in total. The average Bonchev–Trinajstić information content (AvgIpc) is 2.39. The fourth-order valence-electron chi connectivity index (χ4n) is 2.78. The van der Waals surface area contributed by atoms with Crippen molar-refractivity contribution in [2.75, 3.05) is 12.3 Å². The van der Waals surface area contributed by atoms with Crippen molar-refractivity contribution in [3.05, 3.63) is 35.4 Å². The van der Waals surface area contributed by atoms with Crippen molar-refractivity contribution < 1.29 is 8.42 Å². The largest absolute Gasteiger partial charge is 0.313 e. The van der Waals surface area contributed by atoms with Crippen LogP contribution in [0.15, 0.2) is 24.3 Å². The first-order valence-electron chi connectivity index (χ1n) is 7.27. The summed E-state index contributed by atoms with van der Waals surface area (Å²) in [5.41, 5.74) is 2.14. The number of aryl methyl sites for hydroxylation is 1. The van der Waals surface area contributed by atoms with E-state index in [9.17, 15) is 8.42 Å². The standard InChI is InChI=1S/C15H24N2O2S/c1-12-7-3-4-9-15(12)13(2)17-20(18,19)11-14-8-5-6-10-16-14/h3-4,7,9,13-14,16-17H,5-6,8,10-11H2,1-2H3. The molecule has 2 atom stereocenters. The summed E-state index contributed by atoms with van der Waals surface area (Å²) in [5.74, 6) is 0.170. The first kappa shape index (κ1) is 15.5. The van der Waals surface area contributed by atoms with Gasteiger partial charge in [0.2, 0.25) is 10.0 Å². The highest BCUT2D eigenvalue weighted by molar-refractivity contribution is 7.89. The van der Waals surface area contributed by atoms with E-state index in [1.807, 2.05) is 38.1 Å². The molecule has 1 aliphatic rings. The number of hydrogen-bond donors (Lipinski definition) is 2. The Balaban J connectivity index is 1.98. The number of sulfonamides is 1. The van der Waals surface area contributed by atoms with E-state index in [0.29, 0.717) is 0 Å². The van der Waals surface area contributed by atoms with Gasteiger partial charge in [-0.05, 0) is 44.4 Å². The molecule has 2 rings (SSSR count). The molecule has 112 valence electrons. The molecule has 0 saturated carbocycles. The maximum atomic E-state index is 12.2. The second kappa shape index (κ2) is 6.70. The predicted molar refractivity (Wildman–Crippen MR) is 82.2 cm³/mol. The number of piperidine rings is 1. The normalized spacial score (nSPS) is 21.6. The van der Waals surface area contributed by atoms with Crippen molar-refractivity contribution in [1.82, 2.24) is 10.0 Å². The zero-order valence-corrected chi connectivity index (χ0v) is 13.0. The second-order valence-electron chi connectivity index (χ2n) is 5.62. The molecular formula is C15H24N2O2S. The molecule has 1 aromatic rings. The highest BCUT2D eigenvalue weighted by Gasteiger charge is 2.23. The van der Waals surface area contributed by atoms with Crippen LogP contribution in [0.1, 0.15) is 43.4 Å². The van der Waals surface area contributed by atoms with Gasteiger partial charge in [0, 0.05) is 12.1 Å². The molecule has 0 bridgehead atoms. The van der Waals surface area contributed by atoms with E-state index in [1.165, 1.54) is 0 Å². The predicted octanol–water partition coefficient (Wildman–Crippen LogP) is 2.12. The van der Waals surface area contributed by atoms with Crippen molar-refractivity contribution in [3.63, 3.8) is 0 Å². The highest BCUT2D eigenvalue weighted by Crippen LogP contribution is 2.18. The lowest BCUT2D eigenvalue weighted by Crippen LogP contribution is -2.43. The Morgan fingerprint density at radius 1 is 1.35 bits per heavy atom. The first-order valence-corrected chi connectivity index (χ1v) is 8.92. The van der Waals surface area contributed by atoms with Gasteiger partial charge in [-0.15, -0.1) is 0 Å². The SMILES string of the molecule is Cc1ccccc1C(C)NS(=O)(=O)CC1CCCCN1. The smallest absolute Gasteiger partial charge is 0.213 e. The molecule has 0 spiro atoms. The molecule has 2 unspecified atom stereocenters. The third-order valence-corrected chi connectivity index (χ3v) is 5.40. The molecule has 0 amide bonds. The number of nitrogens with one attached hydrogen (secondary N) is 2.